The molecule has 0 saturated carbocycles. The van der Waals surface area contributed by atoms with E-state index in [2.05, 4.69) is 4.90 Å². The van der Waals surface area contributed by atoms with Gasteiger partial charge in [-0.2, -0.15) is 13.2 Å². The van der Waals surface area contributed by atoms with Crippen LogP contribution >= 0.6 is 0 Å². The highest BCUT2D eigenvalue weighted by atomic mass is 19.4. The molecule has 108 valence electrons. The second kappa shape index (κ2) is 6.21. The molecular weight excluding hydrogens is 243 g/mol. The number of piperazine rings is 1. The number of nitrogens with two attached hydrogens (primary N) is 1. The molecule has 0 aromatic carbocycles. The van der Waals surface area contributed by atoms with Gasteiger partial charge in [0, 0.05) is 31.7 Å². The average Bonchev–Trinajstić information content (AvgIpc) is 2.27. The van der Waals surface area contributed by atoms with Gasteiger partial charge in [0.05, 0.1) is 0 Å². The molecule has 1 fully saturated rings. The molecular formula is C12H24F3N3. The van der Waals surface area contributed by atoms with Crippen molar-refractivity contribution < 1.29 is 13.2 Å². The summed E-state index contributed by atoms with van der Waals surface area (Å²) in [5, 5.41) is 0. The predicted molar refractivity (Wildman–Crippen MR) is 66.4 cm³/mol. The van der Waals surface area contributed by atoms with Gasteiger partial charge < -0.3 is 5.73 Å². The Balaban J connectivity index is 2.76. The Hall–Kier alpha value is -0.330. The van der Waals surface area contributed by atoms with Crippen molar-refractivity contribution >= 4 is 0 Å². The van der Waals surface area contributed by atoms with Crippen LogP contribution in [0.2, 0.25) is 0 Å². The number of alkyl halides is 3. The van der Waals surface area contributed by atoms with Crippen molar-refractivity contribution in [1.82, 2.24) is 9.80 Å². The summed E-state index contributed by atoms with van der Waals surface area (Å²) in [6.07, 6.45) is -3.91. The standard InChI is InChI=1S/C12H24F3N3/c1-4-10(16)11(12(13,14)15)18-7-6-17(5-2)9(3)8-18/h9-11H,4-8,16H2,1-3H3. The Labute approximate surface area is 107 Å². The van der Waals surface area contributed by atoms with Crippen molar-refractivity contribution in [3.05, 3.63) is 0 Å². The lowest BCUT2D eigenvalue weighted by molar-refractivity contribution is -0.195. The Morgan fingerprint density at radius 1 is 1.28 bits per heavy atom. The maximum atomic E-state index is 13.1. The second-order valence-corrected chi connectivity index (χ2v) is 5.03. The molecule has 0 bridgehead atoms. The molecule has 1 aliphatic heterocycles. The Morgan fingerprint density at radius 2 is 1.89 bits per heavy atom. The van der Waals surface area contributed by atoms with E-state index in [0.717, 1.165) is 6.54 Å². The minimum atomic E-state index is -4.25. The van der Waals surface area contributed by atoms with Crippen molar-refractivity contribution in [3.63, 3.8) is 0 Å². The second-order valence-electron chi connectivity index (χ2n) is 5.03. The number of likely N-dealkylation sites (N-methyl/N-ethyl adjacent to an activating group) is 1. The zero-order chi connectivity index (χ0) is 13.9. The molecule has 3 unspecified atom stereocenters. The van der Waals surface area contributed by atoms with Gasteiger partial charge >= 0.3 is 6.18 Å². The first-order valence-electron chi connectivity index (χ1n) is 6.61. The van der Waals surface area contributed by atoms with Crippen LogP contribution in [0.1, 0.15) is 27.2 Å². The summed E-state index contributed by atoms with van der Waals surface area (Å²) in [6, 6.07) is -2.20. The zero-order valence-corrected chi connectivity index (χ0v) is 11.4. The van der Waals surface area contributed by atoms with Crippen LogP contribution in [0.15, 0.2) is 0 Å². The summed E-state index contributed by atoms with van der Waals surface area (Å²) in [6.45, 7) is 8.15. The molecule has 0 amide bonds. The van der Waals surface area contributed by atoms with E-state index in [1.807, 2.05) is 13.8 Å². The molecule has 3 atom stereocenters. The third kappa shape index (κ3) is 3.59. The summed E-state index contributed by atoms with van der Waals surface area (Å²) < 4.78 is 39.3. The van der Waals surface area contributed by atoms with Gasteiger partial charge in [0.25, 0.3) is 0 Å². The highest BCUT2D eigenvalue weighted by Crippen LogP contribution is 2.29. The van der Waals surface area contributed by atoms with Crippen LogP contribution in [0.3, 0.4) is 0 Å². The van der Waals surface area contributed by atoms with Crippen molar-refractivity contribution in [2.75, 3.05) is 26.2 Å². The summed E-state index contributed by atoms with van der Waals surface area (Å²) in [5.74, 6) is 0. The largest absolute Gasteiger partial charge is 0.405 e. The van der Waals surface area contributed by atoms with Gasteiger partial charge in [-0.15, -0.1) is 0 Å². The molecule has 0 aromatic rings. The minimum absolute atomic E-state index is 0.151. The van der Waals surface area contributed by atoms with Gasteiger partial charge in [0.1, 0.15) is 6.04 Å². The van der Waals surface area contributed by atoms with Crippen LogP contribution in [-0.2, 0) is 0 Å². The molecule has 1 heterocycles. The first kappa shape index (κ1) is 15.7. The summed E-state index contributed by atoms with van der Waals surface area (Å²) in [5.41, 5.74) is 5.67. The summed E-state index contributed by atoms with van der Waals surface area (Å²) in [4.78, 5) is 3.70. The maximum absolute atomic E-state index is 13.1. The van der Waals surface area contributed by atoms with Gasteiger partial charge in [-0.1, -0.05) is 13.8 Å². The highest BCUT2D eigenvalue weighted by molar-refractivity contribution is 4.91. The quantitative estimate of drug-likeness (QED) is 0.841. The SMILES string of the molecule is CCC(N)C(N1CCN(CC)C(C)C1)C(F)(F)F. The van der Waals surface area contributed by atoms with Crippen LogP contribution in [0.25, 0.3) is 0 Å². The van der Waals surface area contributed by atoms with Gasteiger partial charge in [-0.05, 0) is 19.9 Å². The molecule has 0 spiro atoms. The lowest BCUT2D eigenvalue weighted by Crippen LogP contribution is -2.62. The van der Waals surface area contributed by atoms with E-state index in [-0.39, 0.29) is 6.04 Å². The summed E-state index contributed by atoms with van der Waals surface area (Å²) >= 11 is 0. The fourth-order valence-corrected chi connectivity index (χ4v) is 2.69. The van der Waals surface area contributed by atoms with E-state index in [4.69, 9.17) is 5.73 Å². The van der Waals surface area contributed by atoms with E-state index >= 15 is 0 Å². The Morgan fingerprint density at radius 3 is 2.28 bits per heavy atom. The number of hydrogen-bond donors (Lipinski definition) is 1. The monoisotopic (exact) mass is 267 g/mol. The van der Waals surface area contributed by atoms with Gasteiger partial charge in [0.2, 0.25) is 0 Å². The summed E-state index contributed by atoms with van der Waals surface area (Å²) in [7, 11) is 0. The van der Waals surface area contributed by atoms with Gasteiger partial charge in [0.15, 0.2) is 0 Å². The lowest BCUT2D eigenvalue weighted by Gasteiger charge is -2.44. The normalized spacial score (nSPS) is 27.2. The van der Waals surface area contributed by atoms with Crippen molar-refractivity contribution in [1.29, 1.82) is 0 Å². The van der Waals surface area contributed by atoms with Crippen molar-refractivity contribution in [3.8, 4) is 0 Å². The van der Waals surface area contributed by atoms with Crippen molar-refractivity contribution in [2.24, 2.45) is 5.73 Å². The first-order chi connectivity index (χ1) is 8.31. The molecule has 1 saturated heterocycles. The molecule has 0 radical (unpaired) electrons. The van der Waals surface area contributed by atoms with Crippen LogP contribution in [0.5, 0.6) is 0 Å². The molecule has 3 nitrogen and oxygen atoms in total. The molecule has 2 N–H and O–H groups in total. The smallest absolute Gasteiger partial charge is 0.326 e. The van der Waals surface area contributed by atoms with E-state index in [1.54, 1.807) is 6.92 Å². The van der Waals surface area contributed by atoms with E-state index in [0.29, 0.717) is 26.1 Å². The van der Waals surface area contributed by atoms with Crippen LogP contribution in [0, 0.1) is 0 Å². The molecule has 1 aliphatic rings. The fraction of sp³-hybridized carbons (Fsp3) is 1.00. The average molecular weight is 267 g/mol. The fourth-order valence-electron chi connectivity index (χ4n) is 2.69. The predicted octanol–water partition coefficient (Wildman–Crippen LogP) is 1.68. The Bertz CT molecular complexity index is 257. The third-order valence-corrected chi connectivity index (χ3v) is 3.81. The van der Waals surface area contributed by atoms with E-state index < -0.39 is 18.3 Å². The lowest BCUT2D eigenvalue weighted by atomic mass is 10.0. The number of nitrogens with zero attached hydrogens (tertiary/aromatic N) is 2. The van der Waals surface area contributed by atoms with Crippen LogP contribution in [-0.4, -0.2) is 60.3 Å². The molecule has 0 aliphatic carbocycles. The van der Waals surface area contributed by atoms with Crippen LogP contribution in [0.4, 0.5) is 13.2 Å². The molecule has 0 aromatic heterocycles. The number of rotatable bonds is 4. The van der Waals surface area contributed by atoms with Crippen molar-refractivity contribution in [2.45, 2.75) is 51.5 Å². The molecule has 6 heteroatoms. The van der Waals surface area contributed by atoms with E-state index in [1.165, 1.54) is 4.90 Å². The molecule has 1 rings (SSSR count). The Kier molecular flexibility index (Phi) is 5.43. The first-order valence-corrected chi connectivity index (χ1v) is 6.61. The number of halogens is 3. The van der Waals surface area contributed by atoms with Crippen LogP contribution < -0.4 is 5.73 Å². The topological polar surface area (TPSA) is 32.5 Å². The van der Waals surface area contributed by atoms with E-state index in [9.17, 15) is 13.2 Å². The maximum Gasteiger partial charge on any atom is 0.405 e. The zero-order valence-electron chi connectivity index (χ0n) is 11.4. The van der Waals surface area contributed by atoms with Gasteiger partial charge in [-0.25, -0.2) is 0 Å². The third-order valence-electron chi connectivity index (χ3n) is 3.81. The number of hydrogen-bond acceptors (Lipinski definition) is 3. The minimum Gasteiger partial charge on any atom is -0.326 e. The highest BCUT2D eigenvalue weighted by Gasteiger charge is 2.47. The van der Waals surface area contributed by atoms with Gasteiger partial charge in [-0.3, -0.25) is 9.80 Å². The molecule has 18 heavy (non-hydrogen) atoms.